The van der Waals surface area contributed by atoms with E-state index in [9.17, 15) is 13.2 Å². The number of pyridine rings is 1. The van der Waals surface area contributed by atoms with E-state index in [1.807, 2.05) is 6.92 Å². The Morgan fingerprint density at radius 1 is 1.35 bits per heavy atom. The van der Waals surface area contributed by atoms with E-state index in [1.165, 1.54) is 6.20 Å². The predicted molar refractivity (Wildman–Crippen MR) is 62.5 cm³/mol. The van der Waals surface area contributed by atoms with Gasteiger partial charge in [0.2, 0.25) is 0 Å². The molecule has 0 spiro atoms. The smallest absolute Gasteiger partial charge is 0.355 e. The molecule has 0 fully saturated rings. The van der Waals surface area contributed by atoms with Gasteiger partial charge in [-0.25, -0.2) is 4.98 Å². The predicted octanol–water partition coefficient (Wildman–Crippen LogP) is 3.56. The maximum absolute atomic E-state index is 12.5. The number of hydrogen-bond donors (Lipinski definition) is 0. The second kappa shape index (κ2) is 6.10. The summed E-state index contributed by atoms with van der Waals surface area (Å²) in [6, 6.07) is 2.02. The van der Waals surface area contributed by atoms with Gasteiger partial charge in [0, 0.05) is 25.2 Å². The Kier molecular flexibility index (Phi) is 5.05. The van der Waals surface area contributed by atoms with Crippen molar-refractivity contribution in [3.63, 3.8) is 0 Å². The molecular formula is C11H14ClF3N2. The van der Waals surface area contributed by atoms with Crippen molar-refractivity contribution in [1.29, 1.82) is 0 Å². The standard InChI is InChI=1S/C11H14ClF3N2/c1-2-6-17(7-4-12)10-8-9(3-5-16-10)11(13,14)15/h3,5,8H,2,4,6-7H2,1H3. The molecule has 0 aliphatic heterocycles. The Morgan fingerprint density at radius 3 is 2.59 bits per heavy atom. The van der Waals surface area contributed by atoms with Crippen LogP contribution in [-0.2, 0) is 6.18 Å². The van der Waals surface area contributed by atoms with E-state index >= 15 is 0 Å². The zero-order valence-electron chi connectivity index (χ0n) is 9.47. The minimum atomic E-state index is -4.34. The Bertz CT molecular complexity index is 349. The molecule has 0 unspecified atom stereocenters. The molecule has 1 heterocycles. The van der Waals surface area contributed by atoms with Gasteiger partial charge < -0.3 is 4.90 Å². The number of aromatic nitrogens is 1. The third kappa shape index (κ3) is 4.07. The number of anilines is 1. The molecule has 6 heteroatoms. The van der Waals surface area contributed by atoms with Crippen molar-refractivity contribution < 1.29 is 13.2 Å². The normalized spacial score (nSPS) is 11.6. The van der Waals surface area contributed by atoms with Crippen molar-refractivity contribution >= 4 is 17.4 Å². The van der Waals surface area contributed by atoms with Gasteiger partial charge in [0.25, 0.3) is 0 Å². The highest BCUT2D eigenvalue weighted by Crippen LogP contribution is 2.30. The fourth-order valence-electron chi connectivity index (χ4n) is 1.48. The molecule has 1 aromatic heterocycles. The fraction of sp³-hybridized carbons (Fsp3) is 0.545. The summed E-state index contributed by atoms with van der Waals surface area (Å²) in [5.74, 6) is 0.681. The summed E-state index contributed by atoms with van der Waals surface area (Å²) in [5.41, 5.74) is -0.682. The molecule has 0 aliphatic carbocycles. The van der Waals surface area contributed by atoms with E-state index in [0.29, 0.717) is 24.8 Å². The molecule has 0 aromatic carbocycles. The van der Waals surface area contributed by atoms with Gasteiger partial charge in [0.1, 0.15) is 5.82 Å². The van der Waals surface area contributed by atoms with Gasteiger partial charge in [-0.15, -0.1) is 11.6 Å². The van der Waals surface area contributed by atoms with E-state index in [1.54, 1.807) is 4.90 Å². The first-order valence-electron chi connectivity index (χ1n) is 5.33. The second-order valence-electron chi connectivity index (χ2n) is 3.58. The molecule has 1 rings (SSSR count). The van der Waals surface area contributed by atoms with Gasteiger partial charge in [-0.2, -0.15) is 13.2 Å². The van der Waals surface area contributed by atoms with Crippen LogP contribution in [0.5, 0.6) is 0 Å². The van der Waals surface area contributed by atoms with Crippen LogP contribution in [0.4, 0.5) is 19.0 Å². The molecule has 0 bridgehead atoms. The number of alkyl halides is 4. The van der Waals surface area contributed by atoms with Crippen LogP contribution in [0.2, 0.25) is 0 Å². The lowest BCUT2D eigenvalue weighted by Crippen LogP contribution is -2.27. The molecule has 1 aromatic rings. The summed E-state index contributed by atoms with van der Waals surface area (Å²) < 4.78 is 37.6. The zero-order chi connectivity index (χ0) is 12.9. The molecule has 2 nitrogen and oxygen atoms in total. The Hall–Kier alpha value is -0.970. The summed E-state index contributed by atoms with van der Waals surface area (Å²) in [6.07, 6.45) is -2.33. The number of hydrogen-bond acceptors (Lipinski definition) is 2. The summed E-state index contributed by atoms with van der Waals surface area (Å²) in [7, 11) is 0. The molecular weight excluding hydrogens is 253 g/mol. The molecule has 0 amide bonds. The van der Waals surface area contributed by atoms with Gasteiger partial charge >= 0.3 is 6.18 Å². The average Bonchev–Trinajstić information content (AvgIpc) is 2.28. The molecule has 0 N–H and O–H groups in total. The largest absolute Gasteiger partial charge is 0.416 e. The van der Waals surface area contributed by atoms with Crippen LogP contribution in [0.3, 0.4) is 0 Å². The van der Waals surface area contributed by atoms with Crippen molar-refractivity contribution in [3.05, 3.63) is 23.9 Å². The highest BCUT2D eigenvalue weighted by molar-refractivity contribution is 6.18. The van der Waals surface area contributed by atoms with Crippen molar-refractivity contribution in [2.75, 3.05) is 23.9 Å². The Morgan fingerprint density at radius 2 is 2.06 bits per heavy atom. The Labute approximate surface area is 103 Å². The van der Waals surface area contributed by atoms with Crippen molar-refractivity contribution in [3.8, 4) is 0 Å². The summed E-state index contributed by atoms with van der Waals surface area (Å²) in [4.78, 5) is 5.71. The van der Waals surface area contributed by atoms with E-state index in [2.05, 4.69) is 4.98 Å². The lowest BCUT2D eigenvalue weighted by Gasteiger charge is -2.22. The monoisotopic (exact) mass is 266 g/mol. The number of rotatable bonds is 5. The first kappa shape index (κ1) is 14.1. The van der Waals surface area contributed by atoms with Crippen LogP contribution in [-0.4, -0.2) is 24.0 Å². The molecule has 96 valence electrons. The third-order valence-electron chi connectivity index (χ3n) is 2.24. The summed E-state index contributed by atoms with van der Waals surface area (Å²) >= 11 is 5.62. The zero-order valence-corrected chi connectivity index (χ0v) is 10.2. The third-order valence-corrected chi connectivity index (χ3v) is 2.41. The molecule has 0 radical (unpaired) electrons. The first-order valence-corrected chi connectivity index (χ1v) is 5.86. The molecule has 0 atom stereocenters. The summed E-state index contributed by atoms with van der Waals surface area (Å²) in [5, 5.41) is 0. The van der Waals surface area contributed by atoms with Crippen LogP contribution in [0.25, 0.3) is 0 Å². The van der Waals surface area contributed by atoms with Gasteiger partial charge in [-0.05, 0) is 18.6 Å². The highest BCUT2D eigenvalue weighted by Gasteiger charge is 2.31. The first-order chi connectivity index (χ1) is 7.99. The van der Waals surface area contributed by atoms with Crippen molar-refractivity contribution in [1.82, 2.24) is 4.98 Å². The molecule has 0 saturated heterocycles. The van der Waals surface area contributed by atoms with E-state index in [-0.39, 0.29) is 0 Å². The van der Waals surface area contributed by atoms with Crippen molar-refractivity contribution in [2.45, 2.75) is 19.5 Å². The second-order valence-corrected chi connectivity index (χ2v) is 3.95. The molecule has 0 saturated carbocycles. The minimum absolute atomic E-state index is 0.322. The van der Waals surface area contributed by atoms with E-state index in [0.717, 1.165) is 18.6 Å². The van der Waals surface area contributed by atoms with E-state index in [4.69, 9.17) is 11.6 Å². The Balaban J connectivity index is 2.95. The van der Waals surface area contributed by atoms with Crippen LogP contribution in [0, 0.1) is 0 Å². The number of halogens is 4. The van der Waals surface area contributed by atoms with Gasteiger partial charge in [0.05, 0.1) is 5.56 Å². The summed E-state index contributed by atoms with van der Waals surface area (Å²) in [6.45, 7) is 3.08. The molecule has 17 heavy (non-hydrogen) atoms. The lowest BCUT2D eigenvalue weighted by molar-refractivity contribution is -0.137. The van der Waals surface area contributed by atoms with E-state index < -0.39 is 11.7 Å². The highest BCUT2D eigenvalue weighted by atomic mass is 35.5. The van der Waals surface area contributed by atoms with Crippen LogP contribution in [0.1, 0.15) is 18.9 Å². The number of nitrogens with zero attached hydrogens (tertiary/aromatic N) is 2. The van der Waals surface area contributed by atoms with Crippen LogP contribution in [0.15, 0.2) is 18.3 Å². The lowest BCUT2D eigenvalue weighted by atomic mass is 10.2. The minimum Gasteiger partial charge on any atom is -0.355 e. The van der Waals surface area contributed by atoms with Gasteiger partial charge in [-0.1, -0.05) is 6.92 Å². The topological polar surface area (TPSA) is 16.1 Å². The fourth-order valence-corrected chi connectivity index (χ4v) is 1.68. The van der Waals surface area contributed by atoms with Gasteiger partial charge in [0.15, 0.2) is 0 Å². The average molecular weight is 267 g/mol. The van der Waals surface area contributed by atoms with Crippen molar-refractivity contribution in [2.24, 2.45) is 0 Å². The van der Waals surface area contributed by atoms with Crippen LogP contribution < -0.4 is 4.90 Å². The van der Waals surface area contributed by atoms with Gasteiger partial charge in [-0.3, -0.25) is 0 Å². The SMILES string of the molecule is CCCN(CCCl)c1cc(C(F)(F)F)ccn1. The van der Waals surface area contributed by atoms with Crippen LogP contribution >= 0.6 is 11.6 Å². The molecule has 0 aliphatic rings. The quantitative estimate of drug-likeness (QED) is 0.758. The maximum Gasteiger partial charge on any atom is 0.416 e. The maximum atomic E-state index is 12.5.